The second-order valence-electron chi connectivity index (χ2n) is 6.84. The summed E-state index contributed by atoms with van der Waals surface area (Å²) in [5.74, 6) is -1.42. The molecular formula is C18H23N2O4S+. The van der Waals surface area contributed by atoms with Crippen molar-refractivity contribution in [2.45, 2.75) is 37.8 Å². The number of carbonyl (C=O) groups excluding carboxylic acids is 1. The minimum Gasteiger partial charge on any atom is -0.477 e. The molecule has 3 rings (SSSR count). The van der Waals surface area contributed by atoms with Crippen molar-refractivity contribution >= 4 is 23.6 Å². The number of aliphatic carboxylic acids is 1. The van der Waals surface area contributed by atoms with Crippen LogP contribution in [0, 0.1) is 18.8 Å². The molecule has 2 N–H and O–H groups in total. The average molecular weight is 363 g/mol. The minimum atomic E-state index is -1.07. The number of hydrogen-bond donors (Lipinski definition) is 2. The Morgan fingerprint density at radius 2 is 2.16 bits per heavy atom. The Bertz CT molecular complexity index is 774. The number of carbonyl (C=O) groups is 2. The number of amides is 1. The Hall–Kier alpha value is -1.86. The van der Waals surface area contributed by atoms with Crippen LogP contribution in [0.4, 0.5) is 0 Å². The van der Waals surface area contributed by atoms with Crippen LogP contribution in [-0.2, 0) is 16.6 Å². The van der Waals surface area contributed by atoms with Crippen molar-refractivity contribution in [2.24, 2.45) is 18.9 Å². The number of nitrogens with zero attached hydrogens (tertiary/aromatic N) is 2. The molecule has 2 aliphatic rings. The maximum atomic E-state index is 12.3. The second kappa shape index (κ2) is 6.46. The van der Waals surface area contributed by atoms with E-state index in [2.05, 4.69) is 6.07 Å². The van der Waals surface area contributed by atoms with Crippen LogP contribution in [-0.4, -0.2) is 44.9 Å². The first-order chi connectivity index (χ1) is 11.7. The normalized spacial score (nSPS) is 26.5. The quantitative estimate of drug-likeness (QED) is 0.465. The van der Waals surface area contributed by atoms with Gasteiger partial charge in [0.1, 0.15) is 12.7 Å². The number of fused-ring (bicyclic) bond motifs is 1. The van der Waals surface area contributed by atoms with Gasteiger partial charge in [-0.05, 0) is 12.5 Å². The summed E-state index contributed by atoms with van der Waals surface area (Å²) in [4.78, 5) is 26.5. The summed E-state index contributed by atoms with van der Waals surface area (Å²) in [7, 11) is 1.97. The summed E-state index contributed by atoms with van der Waals surface area (Å²) in [6.07, 6.45) is 1.21. The van der Waals surface area contributed by atoms with E-state index in [4.69, 9.17) is 0 Å². The van der Waals surface area contributed by atoms with Gasteiger partial charge in [-0.1, -0.05) is 6.92 Å². The van der Waals surface area contributed by atoms with Gasteiger partial charge in [0.25, 0.3) is 0 Å². The number of aliphatic hydroxyl groups excluding tert-OH is 1. The molecule has 0 radical (unpaired) electrons. The number of carboxylic acids is 1. The lowest BCUT2D eigenvalue weighted by atomic mass is 9.78. The topological polar surface area (TPSA) is 81.7 Å². The second-order valence-corrected chi connectivity index (χ2v) is 7.89. The van der Waals surface area contributed by atoms with E-state index in [1.54, 1.807) is 18.7 Å². The van der Waals surface area contributed by atoms with Crippen LogP contribution in [0.15, 0.2) is 34.5 Å². The van der Waals surface area contributed by atoms with E-state index < -0.39 is 18.0 Å². The number of aliphatic hydroxyl groups is 1. The highest BCUT2D eigenvalue weighted by molar-refractivity contribution is 7.99. The van der Waals surface area contributed by atoms with Crippen LogP contribution >= 0.6 is 11.8 Å². The monoisotopic (exact) mass is 363 g/mol. The molecule has 4 atom stereocenters. The van der Waals surface area contributed by atoms with E-state index in [0.717, 1.165) is 16.2 Å². The van der Waals surface area contributed by atoms with Gasteiger partial charge >= 0.3 is 5.97 Å². The van der Waals surface area contributed by atoms with Gasteiger partial charge in [0, 0.05) is 35.6 Å². The number of aromatic nitrogens is 1. The first kappa shape index (κ1) is 17.9. The molecular weight excluding hydrogens is 340 g/mol. The van der Waals surface area contributed by atoms with E-state index in [1.165, 1.54) is 4.90 Å². The Morgan fingerprint density at radius 1 is 1.48 bits per heavy atom. The highest BCUT2D eigenvalue weighted by Gasteiger charge is 2.59. The molecule has 25 heavy (non-hydrogen) atoms. The molecule has 1 aromatic rings. The van der Waals surface area contributed by atoms with Crippen molar-refractivity contribution in [1.82, 2.24) is 4.90 Å². The third-order valence-corrected chi connectivity index (χ3v) is 6.32. The van der Waals surface area contributed by atoms with Gasteiger partial charge in [0.2, 0.25) is 5.91 Å². The highest BCUT2D eigenvalue weighted by Crippen LogP contribution is 2.48. The molecule has 7 heteroatoms. The van der Waals surface area contributed by atoms with Crippen molar-refractivity contribution in [1.29, 1.82) is 0 Å². The summed E-state index contributed by atoms with van der Waals surface area (Å²) >= 11 is 1.57. The van der Waals surface area contributed by atoms with Crippen LogP contribution in [0.5, 0.6) is 0 Å². The standard InChI is InChI=1S/C18H22N2O4S/c1-9-7-12(5-6-19(9)4)25-8-13-10(2)15-14(11(3)21)17(22)20(15)16(13)18(23)24/h5-7,10-11,14-15,21H,8H2,1-4H3/p+1/t10-,11+,14+,15+/m0/s1. The van der Waals surface area contributed by atoms with Gasteiger partial charge in [-0.2, -0.15) is 0 Å². The molecule has 0 bridgehead atoms. The smallest absolute Gasteiger partial charge is 0.352 e. The van der Waals surface area contributed by atoms with Crippen LogP contribution in [0.1, 0.15) is 19.5 Å². The predicted octanol–water partition coefficient (Wildman–Crippen LogP) is 1.11. The molecule has 0 aromatic carbocycles. The number of β-lactam (4-membered cyclic amide) rings is 1. The predicted molar refractivity (Wildman–Crippen MR) is 92.7 cm³/mol. The van der Waals surface area contributed by atoms with Gasteiger partial charge in [-0.15, -0.1) is 11.8 Å². The summed E-state index contributed by atoms with van der Waals surface area (Å²) in [5.41, 5.74) is 1.99. The van der Waals surface area contributed by atoms with Crippen molar-refractivity contribution in [2.75, 3.05) is 5.75 Å². The minimum absolute atomic E-state index is 0.0724. The maximum absolute atomic E-state index is 12.3. The van der Waals surface area contributed by atoms with E-state index in [0.29, 0.717) is 5.75 Å². The van der Waals surface area contributed by atoms with Crippen LogP contribution in [0.3, 0.4) is 0 Å². The zero-order valence-electron chi connectivity index (χ0n) is 14.8. The number of thioether (sulfide) groups is 1. The largest absolute Gasteiger partial charge is 0.477 e. The van der Waals surface area contributed by atoms with E-state index in [1.807, 2.05) is 37.7 Å². The Kier molecular flexibility index (Phi) is 4.64. The fraction of sp³-hybridized carbons (Fsp3) is 0.500. The van der Waals surface area contributed by atoms with Crippen LogP contribution in [0.25, 0.3) is 0 Å². The van der Waals surface area contributed by atoms with Gasteiger partial charge in [-0.3, -0.25) is 4.79 Å². The molecule has 6 nitrogen and oxygen atoms in total. The lowest BCUT2D eigenvalue weighted by Gasteiger charge is -2.46. The molecule has 1 aromatic heterocycles. The molecule has 1 saturated heterocycles. The number of rotatable bonds is 5. The molecule has 0 saturated carbocycles. The number of aryl methyl sites for hydroxylation is 2. The van der Waals surface area contributed by atoms with Crippen LogP contribution < -0.4 is 4.57 Å². The fourth-order valence-electron chi connectivity index (χ4n) is 3.74. The Balaban J connectivity index is 1.85. The first-order valence-electron chi connectivity index (χ1n) is 8.30. The molecule has 2 aliphatic heterocycles. The van der Waals surface area contributed by atoms with E-state index in [9.17, 15) is 19.8 Å². The summed E-state index contributed by atoms with van der Waals surface area (Å²) in [5, 5.41) is 19.5. The van der Waals surface area contributed by atoms with Gasteiger partial charge < -0.3 is 15.1 Å². The number of carboxylic acid groups (broad SMARTS) is 1. The van der Waals surface area contributed by atoms with Crippen molar-refractivity contribution in [3.05, 3.63) is 35.3 Å². The summed E-state index contributed by atoms with van der Waals surface area (Å²) < 4.78 is 2.02. The summed E-state index contributed by atoms with van der Waals surface area (Å²) in [6.45, 7) is 5.55. The van der Waals surface area contributed by atoms with E-state index in [-0.39, 0.29) is 23.6 Å². The highest BCUT2D eigenvalue weighted by atomic mass is 32.2. The zero-order chi connectivity index (χ0) is 18.5. The first-order valence-corrected chi connectivity index (χ1v) is 9.29. The Morgan fingerprint density at radius 3 is 2.72 bits per heavy atom. The zero-order valence-corrected chi connectivity index (χ0v) is 15.6. The average Bonchev–Trinajstić information content (AvgIpc) is 2.77. The Labute approximate surface area is 151 Å². The van der Waals surface area contributed by atoms with Crippen molar-refractivity contribution < 1.29 is 24.4 Å². The van der Waals surface area contributed by atoms with Gasteiger partial charge in [0.05, 0.1) is 18.1 Å². The number of pyridine rings is 1. The third-order valence-electron chi connectivity index (χ3n) is 5.28. The molecule has 0 spiro atoms. The lowest BCUT2D eigenvalue weighted by molar-refractivity contribution is -0.678. The SMILES string of the molecule is Cc1cc(SCC2=C(C(=O)O)N3C(=O)[C@H]([C@@H](C)O)[C@H]3[C@H]2C)cc[n+]1C. The third kappa shape index (κ3) is 2.85. The van der Waals surface area contributed by atoms with Crippen molar-refractivity contribution in [3.63, 3.8) is 0 Å². The molecule has 0 unspecified atom stereocenters. The maximum Gasteiger partial charge on any atom is 0.352 e. The molecule has 1 amide bonds. The van der Waals surface area contributed by atoms with Crippen LogP contribution in [0.2, 0.25) is 0 Å². The number of hydrogen-bond acceptors (Lipinski definition) is 4. The molecule has 1 fully saturated rings. The lowest BCUT2D eigenvalue weighted by Crippen LogP contribution is -2.63. The van der Waals surface area contributed by atoms with E-state index >= 15 is 0 Å². The van der Waals surface area contributed by atoms with Gasteiger partial charge in [0.15, 0.2) is 11.9 Å². The van der Waals surface area contributed by atoms with Crippen molar-refractivity contribution in [3.8, 4) is 0 Å². The fourth-order valence-corrected chi connectivity index (χ4v) is 4.88. The van der Waals surface area contributed by atoms with Gasteiger partial charge in [-0.25, -0.2) is 9.36 Å². The molecule has 134 valence electrons. The summed E-state index contributed by atoms with van der Waals surface area (Å²) in [6, 6.07) is 3.81. The molecule has 3 heterocycles. The molecule has 0 aliphatic carbocycles.